The minimum atomic E-state index is -0.0100. The molecule has 2 aromatic rings. The van der Waals surface area contributed by atoms with E-state index < -0.39 is 0 Å². The van der Waals surface area contributed by atoms with Gasteiger partial charge in [-0.3, -0.25) is 4.79 Å². The molecule has 126 valence electrons. The van der Waals surface area contributed by atoms with Crippen LogP contribution in [0, 0.1) is 13.8 Å². The number of amides is 1. The lowest BCUT2D eigenvalue weighted by molar-refractivity contribution is -0.116. The summed E-state index contributed by atoms with van der Waals surface area (Å²) in [7, 11) is 3.22. The van der Waals surface area contributed by atoms with Crippen LogP contribution in [0.25, 0.3) is 0 Å². The smallest absolute Gasteiger partial charge is 0.225 e. The van der Waals surface area contributed by atoms with Gasteiger partial charge in [0.1, 0.15) is 0 Å². The summed E-state index contributed by atoms with van der Waals surface area (Å²) in [6, 6.07) is 8.17. The first-order valence-corrected chi connectivity index (χ1v) is 8.56. The first-order valence-electron chi connectivity index (χ1n) is 7.77. The molecule has 0 radical (unpaired) electrons. The lowest BCUT2D eigenvalue weighted by Gasteiger charge is -2.28. The summed E-state index contributed by atoms with van der Waals surface area (Å²) in [5.41, 5.74) is 5.44. The number of halogens is 1. The Morgan fingerprint density at radius 3 is 2.46 bits per heavy atom. The van der Waals surface area contributed by atoms with E-state index >= 15 is 0 Å². The van der Waals surface area contributed by atoms with Crippen molar-refractivity contribution in [2.75, 3.05) is 19.5 Å². The minimum Gasteiger partial charge on any atom is -0.493 e. The summed E-state index contributed by atoms with van der Waals surface area (Å²) in [4.78, 5) is 12.2. The van der Waals surface area contributed by atoms with E-state index in [1.54, 1.807) is 14.2 Å². The maximum atomic E-state index is 12.2. The third-order valence-electron chi connectivity index (χ3n) is 4.56. The molecule has 1 amide bonds. The Kier molecular flexibility index (Phi) is 4.54. The standard InChI is InChI=1S/C19H20BrNO3/c1-10-5-14-13(9-18(22)21-16(14)6-11(10)2)12-7-15(20)19(24-4)17(8-12)23-3/h5-8,13H,9H2,1-4H3,(H,21,22). The van der Waals surface area contributed by atoms with E-state index in [9.17, 15) is 4.79 Å². The largest absolute Gasteiger partial charge is 0.493 e. The van der Waals surface area contributed by atoms with Gasteiger partial charge in [-0.2, -0.15) is 0 Å². The van der Waals surface area contributed by atoms with E-state index in [0.717, 1.165) is 21.3 Å². The number of hydrogen-bond donors (Lipinski definition) is 1. The molecule has 0 saturated carbocycles. The second-order valence-corrected chi connectivity index (χ2v) is 6.92. The molecule has 1 aliphatic rings. The van der Waals surface area contributed by atoms with Gasteiger partial charge >= 0.3 is 0 Å². The molecule has 1 N–H and O–H groups in total. The molecule has 24 heavy (non-hydrogen) atoms. The van der Waals surface area contributed by atoms with Gasteiger partial charge in [0.2, 0.25) is 5.91 Å². The van der Waals surface area contributed by atoms with Crippen LogP contribution in [-0.2, 0) is 4.79 Å². The van der Waals surface area contributed by atoms with Crippen LogP contribution in [-0.4, -0.2) is 20.1 Å². The van der Waals surface area contributed by atoms with Crippen LogP contribution in [0.15, 0.2) is 28.7 Å². The highest BCUT2D eigenvalue weighted by molar-refractivity contribution is 9.10. The van der Waals surface area contributed by atoms with Gasteiger partial charge < -0.3 is 14.8 Å². The van der Waals surface area contributed by atoms with Crippen LogP contribution in [0.5, 0.6) is 11.5 Å². The summed E-state index contributed by atoms with van der Waals surface area (Å²) in [5.74, 6) is 1.32. The zero-order valence-corrected chi connectivity index (χ0v) is 15.8. The summed E-state index contributed by atoms with van der Waals surface area (Å²) in [6.07, 6.45) is 0.414. The number of ether oxygens (including phenoxy) is 2. The van der Waals surface area contributed by atoms with E-state index in [1.807, 2.05) is 18.2 Å². The molecular weight excluding hydrogens is 370 g/mol. The quantitative estimate of drug-likeness (QED) is 0.836. The Morgan fingerprint density at radius 2 is 1.79 bits per heavy atom. The lowest BCUT2D eigenvalue weighted by atomic mass is 9.83. The van der Waals surface area contributed by atoms with Crippen molar-refractivity contribution in [3.63, 3.8) is 0 Å². The average Bonchev–Trinajstić information content (AvgIpc) is 2.54. The van der Waals surface area contributed by atoms with Gasteiger partial charge in [-0.1, -0.05) is 6.07 Å². The molecule has 0 spiro atoms. The molecule has 0 bridgehead atoms. The second-order valence-electron chi connectivity index (χ2n) is 6.07. The van der Waals surface area contributed by atoms with E-state index in [4.69, 9.17) is 9.47 Å². The molecule has 4 nitrogen and oxygen atoms in total. The number of rotatable bonds is 3. The Bertz CT molecular complexity index is 817. The number of nitrogens with one attached hydrogen (secondary N) is 1. The molecule has 1 atom stereocenters. The number of benzene rings is 2. The summed E-state index contributed by atoms with van der Waals surface area (Å²) < 4.78 is 11.6. The van der Waals surface area contributed by atoms with Gasteiger partial charge in [0.15, 0.2) is 11.5 Å². The van der Waals surface area contributed by atoms with Gasteiger partial charge in [0.25, 0.3) is 0 Å². The molecule has 1 heterocycles. The highest BCUT2D eigenvalue weighted by Crippen LogP contribution is 2.43. The highest BCUT2D eigenvalue weighted by Gasteiger charge is 2.28. The van der Waals surface area contributed by atoms with Crippen molar-refractivity contribution in [3.8, 4) is 11.5 Å². The summed E-state index contributed by atoms with van der Waals surface area (Å²) >= 11 is 3.54. The molecule has 1 aliphatic heterocycles. The Labute approximate surface area is 150 Å². The first kappa shape index (κ1) is 16.8. The van der Waals surface area contributed by atoms with Crippen LogP contribution in [0.3, 0.4) is 0 Å². The Hall–Kier alpha value is -2.01. The van der Waals surface area contributed by atoms with E-state index in [2.05, 4.69) is 41.2 Å². The number of carbonyl (C=O) groups excluding carboxylic acids is 1. The SMILES string of the molecule is COc1cc(C2CC(=O)Nc3cc(C)c(C)cc32)cc(Br)c1OC. The van der Waals surface area contributed by atoms with Gasteiger partial charge in [-0.05, 0) is 70.2 Å². The highest BCUT2D eigenvalue weighted by atomic mass is 79.9. The molecule has 2 aromatic carbocycles. The minimum absolute atomic E-state index is 0.0100. The van der Waals surface area contributed by atoms with E-state index in [1.165, 1.54) is 11.1 Å². The number of anilines is 1. The topological polar surface area (TPSA) is 47.6 Å². The maximum Gasteiger partial charge on any atom is 0.225 e. The van der Waals surface area contributed by atoms with Crippen LogP contribution < -0.4 is 14.8 Å². The van der Waals surface area contributed by atoms with Crippen molar-refractivity contribution in [1.82, 2.24) is 0 Å². The third-order valence-corrected chi connectivity index (χ3v) is 5.15. The zero-order valence-electron chi connectivity index (χ0n) is 14.2. The predicted molar refractivity (Wildman–Crippen MR) is 98.3 cm³/mol. The van der Waals surface area contributed by atoms with Crippen molar-refractivity contribution >= 4 is 27.5 Å². The molecule has 0 aromatic heterocycles. The van der Waals surface area contributed by atoms with Crippen LogP contribution in [0.2, 0.25) is 0 Å². The molecule has 3 rings (SSSR count). The van der Waals surface area contributed by atoms with Gasteiger partial charge in [0, 0.05) is 18.0 Å². The van der Waals surface area contributed by atoms with Crippen molar-refractivity contribution in [2.45, 2.75) is 26.2 Å². The fourth-order valence-corrected chi connectivity index (χ4v) is 3.79. The molecule has 0 aliphatic carbocycles. The monoisotopic (exact) mass is 389 g/mol. The number of carbonyl (C=O) groups is 1. The first-order chi connectivity index (χ1) is 11.4. The maximum absolute atomic E-state index is 12.2. The molecule has 5 heteroatoms. The number of aryl methyl sites for hydroxylation is 2. The Morgan fingerprint density at radius 1 is 1.08 bits per heavy atom. The average molecular weight is 390 g/mol. The van der Waals surface area contributed by atoms with Crippen molar-refractivity contribution in [2.24, 2.45) is 0 Å². The molecule has 1 unspecified atom stereocenters. The fourth-order valence-electron chi connectivity index (χ4n) is 3.17. The number of fused-ring (bicyclic) bond motifs is 1. The van der Waals surface area contributed by atoms with Gasteiger partial charge in [-0.15, -0.1) is 0 Å². The second kappa shape index (κ2) is 6.48. The third kappa shape index (κ3) is 2.88. The summed E-state index contributed by atoms with van der Waals surface area (Å²) in [5, 5.41) is 2.99. The fraction of sp³-hybridized carbons (Fsp3) is 0.316. The Balaban J connectivity index is 2.16. The normalized spacial score (nSPS) is 16.4. The van der Waals surface area contributed by atoms with Gasteiger partial charge in [0.05, 0.1) is 18.7 Å². The number of hydrogen-bond acceptors (Lipinski definition) is 3. The number of methoxy groups -OCH3 is 2. The van der Waals surface area contributed by atoms with Crippen LogP contribution in [0.1, 0.15) is 34.6 Å². The molecule has 0 saturated heterocycles. The zero-order chi connectivity index (χ0) is 17.4. The van der Waals surface area contributed by atoms with Gasteiger partial charge in [-0.25, -0.2) is 0 Å². The van der Waals surface area contributed by atoms with Crippen LogP contribution >= 0.6 is 15.9 Å². The molecule has 0 fully saturated rings. The van der Waals surface area contributed by atoms with Crippen LogP contribution in [0.4, 0.5) is 5.69 Å². The summed E-state index contributed by atoms with van der Waals surface area (Å²) in [6.45, 7) is 4.14. The van der Waals surface area contributed by atoms with Crippen molar-refractivity contribution in [1.29, 1.82) is 0 Å². The lowest BCUT2D eigenvalue weighted by Crippen LogP contribution is -2.24. The van der Waals surface area contributed by atoms with E-state index in [0.29, 0.717) is 17.9 Å². The van der Waals surface area contributed by atoms with E-state index in [-0.39, 0.29) is 11.8 Å². The van der Waals surface area contributed by atoms with Crippen molar-refractivity contribution in [3.05, 3.63) is 51.0 Å². The predicted octanol–water partition coefficient (Wildman–Crippen LogP) is 4.56. The van der Waals surface area contributed by atoms with Crippen molar-refractivity contribution < 1.29 is 14.3 Å². The molecular formula is C19H20BrNO3.